The molecule has 96 valence electrons. The van der Waals surface area contributed by atoms with Crippen molar-refractivity contribution in [2.75, 3.05) is 18.6 Å². The van der Waals surface area contributed by atoms with E-state index in [9.17, 15) is 8.42 Å². The summed E-state index contributed by atoms with van der Waals surface area (Å²) in [6, 6.07) is 0.127. The van der Waals surface area contributed by atoms with E-state index < -0.39 is 9.84 Å². The van der Waals surface area contributed by atoms with Crippen molar-refractivity contribution in [1.29, 1.82) is 0 Å². The number of halogens is 1. The van der Waals surface area contributed by atoms with Gasteiger partial charge in [0.2, 0.25) is 0 Å². The standard InChI is InChI=1S/C10H16BrN3O2S/c1-13(8-3-4-17(15,16)7-8)6-10-9(11)5-12-14(10)2/h5,8H,3-4,6-7H2,1-2H3/t8-/m0/s1. The fraction of sp³-hybridized carbons (Fsp3) is 0.700. The van der Waals surface area contributed by atoms with Crippen LogP contribution in [0.2, 0.25) is 0 Å². The maximum Gasteiger partial charge on any atom is 0.151 e. The molecule has 0 unspecified atom stereocenters. The molecule has 1 saturated heterocycles. The van der Waals surface area contributed by atoms with Crippen molar-refractivity contribution in [2.45, 2.75) is 19.0 Å². The summed E-state index contributed by atoms with van der Waals surface area (Å²) in [5, 5.41) is 4.15. The molecule has 0 N–H and O–H groups in total. The lowest BCUT2D eigenvalue weighted by Gasteiger charge is -2.23. The molecule has 0 amide bonds. The Morgan fingerprint density at radius 3 is 2.82 bits per heavy atom. The van der Waals surface area contributed by atoms with Crippen LogP contribution in [-0.4, -0.2) is 47.7 Å². The van der Waals surface area contributed by atoms with Crippen molar-refractivity contribution >= 4 is 25.8 Å². The molecule has 1 aliphatic heterocycles. The van der Waals surface area contributed by atoms with Crippen LogP contribution in [0.1, 0.15) is 12.1 Å². The first-order chi connectivity index (χ1) is 7.89. The minimum Gasteiger partial charge on any atom is -0.297 e. The third-order valence-corrected chi connectivity index (χ3v) is 5.65. The summed E-state index contributed by atoms with van der Waals surface area (Å²) in [5.74, 6) is 0.591. The van der Waals surface area contributed by atoms with Gasteiger partial charge in [-0.05, 0) is 29.4 Å². The fourth-order valence-corrected chi connectivity index (χ4v) is 4.38. The predicted octanol–water partition coefficient (Wildman–Crippen LogP) is 0.802. The van der Waals surface area contributed by atoms with Crippen LogP contribution in [0.5, 0.6) is 0 Å². The van der Waals surface area contributed by atoms with Crippen molar-refractivity contribution in [2.24, 2.45) is 7.05 Å². The zero-order chi connectivity index (χ0) is 12.6. The van der Waals surface area contributed by atoms with Crippen LogP contribution in [0.3, 0.4) is 0 Å². The molecule has 1 fully saturated rings. The molecule has 7 heteroatoms. The smallest absolute Gasteiger partial charge is 0.151 e. The summed E-state index contributed by atoms with van der Waals surface area (Å²) in [7, 11) is 1.04. The Balaban J connectivity index is 2.05. The number of aromatic nitrogens is 2. The van der Waals surface area contributed by atoms with E-state index in [1.807, 2.05) is 18.8 Å². The molecule has 0 aromatic carbocycles. The Labute approximate surface area is 110 Å². The van der Waals surface area contributed by atoms with E-state index in [0.717, 1.165) is 16.6 Å². The fourth-order valence-electron chi connectivity index (χ4n) is 2.10. The molecule has 1 aliphatic rings. The summed E-state index contributed by atoms with van der Waals surface area (Å²) < 4.78 is 25.6. The third kappa shape index (κ3) is 2.89. The lowest BCUT2D eigenvalue weighted by atomic mass is 10.2. The van der Waals surface area contributed by atoms with Crippen LogP contribution in [-0.2, 0) is 23.4 Å². The molecule has 0 aliphatic carbocycles. The first kappa shape index (κ1) is 13.0. The molecule has 17 heavy (non-hydrogen) atoms. The second-order valence-electron chi connectivity index (χ2n) is 4.53. The van der Waals surface area contributed by atoms with E-state index in [4.69, 9.17) is 0 Å². The molecule has 5 nitrogen and oxygen atoms in total. The van der Waals surface area contributed by atoms with Crippen molar-refractivity contribution in [1.82, 2.24) is 14.7 Å². The second kappa shape index (κ2) is 4.70. The first-order valence-electron chi connectivity index (χ1n) is 5.46. The van der Waals surface area contributed by atoms with Gasteiger partial charge in [-0.3, -0.25) is 9.58 Å². The summed E-state index contributed by atoms with van der Waals surface area (Å²) in [6.07, 6.45) is 2.49. The Morgan fingerprint density at radius 1 is 1.65 bits per heavy atom. The number of aryl methyl sites for hydroxylation is 1. The van der Waals surface area contributed by atoms with Crippen LogP contribution in [0.4, 0.5) is 0 Å². The van der Waals surface area contributed by atoms with Gasteiger partial charge in [-0.2, -0.15) is 5.10 Å². The van der Waals surface area contributed by atoms with Gasteiger partial charge in [0, 0.05) is 19.6 Å². The molecule has 1 aromatic rings. The summed E-state index contributed by atoms with van der Waals surface area (Å²) >= 11 is 3.45. The van der Waals surface area contributed by atoms with Crippen LogP contribution in [0, 0.1) is 0 Å². The lowest BCUT2D eigenvalue weighted by Crippen LogP contribution is -2.32. The van der Waals surface area contributed by atoms with Gasteiger partial charge >= 0.3 is 0 Å². The van der Waals surface area contributed by atoms with Gasteiger partial charge in [-0.25, -0.2) is 8.42 Å². The molecule has 0 spiro atoms. The third-order valence-electron chi connectivity index (χ3n) is 3.24. The molecular weight excluding hydrogens is 306 g/mol. The lowest BCUT2D eigenvalue weighted by molar-refractivity contribution is 0.247. The highest BCUT2D eigenvalue weighted by molar-refractivity contribution is 9.10. The zero-order valence-electron chi connectivity index (χ0n) is 9.93. The summed E-state index contributed by atoms with van der Waals surface area (Å²) in [5.41, 5.74) is 1.07. The molecule has 0 radical (unpaired) electrons. The largest absolute Gasteiger partial charge is 0.297 e. The quantitative estimate of drug-likeness (QED) is 0.826. The SMILES string of the molecule is CN(Cc1c(Br)cnn1C)[C@H]1CCS(=O)(=O)C1. The van der Waals surface area contributed by atoms with E-state index in [2.05, 4.69) is 25.9 Å². The van der Waals surface area contributed by atoms with Crippen LogP contribution in [0.15, 0.2) is 10.7 Å². The monoisotopic (exact) mass is 321 g/mol. The minimum atomic E-state index is -2.82. The number of hydrogen-bond acceptors (Lipinski definition) is 4. The molecule has 0 saturated carbocycles. The normalized spacial score (nSPS) is 23.4. The number of hydrogen-bond donors (Lipinski definition) is 0. The van der Waals surface area contributed by atoms with Gasteiger partial charge in [-0.15, -0.1) is 0 Å². The van der Waals surface area contributed by atoms with Crippen molar-refractivity contribution < 1.29 is 8.42 Å². The first-order valence-corrected chi connectivity index (χ1v) is 8.07. The summed E-state index contributed by atoms with van der Waals surface area (Å²) in [6.45, 7) is 0.706. The molecule has 0 bridgehead atoms. The number of sulfone groups is 1. The van der Waals surface area contributed by atoms with Crippen LogP contribution in [0.25, 0.3) is 0 Å². The Morgan fingerprint density at radius 2 is 2.35 bits per heavy atom. The Bertz CT molecular complexity index is 492. The Kier molecular flexibility index (Phi) is 3.61. The molecule has 2 rings (SSSR count). The van der Waals surface area contributed by atoms with E-state index >= 15 is 0 Å². The van der Waals surface area contributed by atoms with E-state index in [1.165, 1.54) is 0 Å². The number of rotatable bonds is 3. The van der Waals surface area contributed by atoms with E-state index in [1.54, 1.807) is 6.20 Å². The van der Waals surface area contributed by atoms with Gasteiger partial charge in [0.1, 0.15) is 0 Å². The predicted molar refractivity (Wildman–Crippen MR) is 69.4 cm³/mol. The topological polar surface area (TPSA) is 55.2 Å². The highest BCUT2D eigenvalue weighted by atomic mass is 79.9. The van der Waals surface area contributed by atoms with Crippen molar-refractivity contribution in [3.05, 3.63) is 16.4 Å². The minimum absolute atomic E-state index is 0.127. The van der Waals surface area contributed by atoms with E-state index in [0.29, 0.717) is 12.3 Å². The van der Waals surface area contributed by atoms with Crippen LogP contribution < -0.4 is 0 Å². The van der Waals surface area contributed by atoms with Crippen LogP contribution >= 0.6 is 15.9 Å². The number of nitrogens with zero attached hydrogens (tertiary/aromatic N) is 3. The molecule has 2 heterocycles. The molecule has 1 atom stereocenters. The van der Waals surface area contributed by atoms with E-state index in [-0.39, 0.29) is 11.8 Å². The molecular formula is C10H16BrN3O2S. The van der Waals surface area contributed by atoms with Crippen molar-refractivity contribution in [3.63, 3.8) is 0 Å². The average Bonchev–Trinajstić information content (AvgIpc) is 2.75. The van der Waals surface area contributed by atoms with Gasteiger partial charge in [0.05, 0.1) is 27.9 Å². The second-order valence-corrected chi connectivity index (χ2v) is 7.62. The Hall–Kier alpha value is -0.400. The maximum absolute atomic E-state index is 11.4. The van der Waals surface area contributed by atoms with Gasteiger partial charge in [0.15, 0.2) is 9.84 Å². The average molecular weight is 322 g/mol. The maximum atomic E-state index is 11.4. The highest BCUT2D eigenvalue weighted by Gasteiger charge is 2.31. The highest BCUT2D eigenvalue weighted by Crippen LogP contribution is 2.21. The molecule has 1 aromatic heterocycles. The van der Waals surface area contributed by atoms with Crippen molar-refractivity contribution in [3.8, 4) is 0 Å². The summed E-state index contributed by atoms with van der Waals surface area (Å²) in [4.78, 5) is 2.09. The van der Waals surface area contributed by atoms with Gasteiger partial charge in [0.25, 0.3) is 0 Å². The van der Waals surface area contributed by atoms with Gasteiger partial charge < -0.3 is 0 Å². The van der Waals surface area contributed by atoms with Gasteiger partial charge in [-0.1, -0.05) is 0 Å². The zero-order valence-corrected chi connectivity index (χ0v) is 12.3.